The van der Waals surface area contributed by atoms with Gasteiger partial charge in [0, 0.05) is 18.6 Å². The minimum atomic E-state index is -0.0894. The van der Waals surface area contributed by atoms with Crippen LogP contribution in [0.25, 0.3) is 10.8 Å². The predicted molar refractivity (Wildman–Crippen MR) is 50.9 cm³/mol. The van der Waals surface area contributed by atoms with Gasteiger partial charge in [-0.05, 0) is 18.2 Å². The summed E-state index contributed by atoms with van der Waals surface area (Å²) < 4.78 is 1.49. The zero-order chi connectivity index (χ0) is 9.42. The van der Waals surface area contributed by atoms with Crippen LogP contribution in [0.15, 0.2) is 35.3 Å². The van der Waals surface area contributed by atoms with Crippen LogP contribution in [0.3, 0.4) is 0 Å². The van der Waals surface area contributed by atoms with Crippen molar-refractivity contribution in [3.05, 3.63) is 40.8 Å². The third kappa shape index (κ3) is 1.09. The molecule has 0 saturated carbocycles. The SMILES string of the molecule is Cn1ccc2c(O)cccc2c1=O. The van der Waals surface area contributed by atoms with Crippen molar-refractivity contribution in [3.63, 3.8) is 0 Å². The van der Waals surface area contributed by atoms with Crippen molar-refractivity contribution in [2.75, 3.05) is 0 Å². The highest BCUT2D eigenvalue weighted by atomic mass is 16.3. The Labute approximate surface area is 74.9 Å². The van der Waals surface area contributed by atoms with E-state index in [1.807, 2.05) is 0 Å². The van der Waals surface area contributed by atoms with Gasteiger partial charge in [0.2, 0.25) is 0 Å². The fourth-order valence-corrected chi connectivity index (χ4v) is 1.36. The standard InChI is InChI=1S/C10H9NO2/c1-11-6-5-7-8(10(11)13)3-2-4-9(7)12/h2-6,12H,1H3. The van der Waals surface area contributed by atoms with Crippen LogP contribution in [0.2, 0.25) is 0 Å². The summed E-state index contributed by atoms with van der Waals surface area (Å²) in [6, 6.07) is 6.67. The van der Waals surface area contributed by atoms with E-state index in [4.69, 9.17) is 0 Å². The number of pyridine rings is 1. The molecule has 2 aromatic rings. The Balaban J connectivity index is 3.03. The van der Waals surface area contributed by atoms with E-state index in [-0.39, 0.29) is 11.3 Å². The Morgan fingerprint density at radius 2 is 2.00 bits per heavy atom. The molecule has 0 aliphatic heterocycles. The summed E-state index contributed by atoms with van der Waals surface area (Å²) in [7, 11) is 1.69. The first-order chi connectivity index (χ1) is 6.20. The molecular weight excluding hydrogens is 166 g/mol. The summed E-state index contributed by atoms with van der Waals surface area (Å²) in [5.41, 5.74) is -0.0894. The molecule has 0 radical (unpaired) electrons. The van der Waals surface area contributed by atoms with Crippen molar-refractivity contribution in [2.45, 2.75) is 0 Å². The highest BCUT2D eigenvalue weighted by Crippen LogP contribution is 2.20. The number of phenolic OH excluding ortho intramolecular Hbond substituents is 1. The molecule has 1 N–H and O–H groups in total. The minimum absolute atomic E-state index is 0.0894. The van der Waals surface area contributed by atoms with Gasteiger partial charge >= 0.3 is 0 Å². The fourth-order valence-electron chi connectivity index (χ4n) is 1.36. The number of hydrogen-bond acceptors (Lipinski definition) is 2. The topological polar surface area (TPSA) is 42.2 Å². The van der Waals surface area contributed by atoms with E-state index in [2.05, 4.69) is 0 Å². The van der Waals surface area contributed by atoms with Gasteiger partial charge in [0.25, 0.3) is 5.56 Å². The van der Waals surface area contributed by atoms with Gasteiger partial charge in [-0.25, -0.2) is 0 Å². The molecule has 0 fully saturated rings. The maximum atomic E-state index is 11.5. The Morgan fingerprint density at radius 3 is 2.77 bits per heavy atom. The van der Waals surface area contributed by atoms with Crippen molar-refractivity contribution in [3.8, 4) is 5.75 Å². The Bertz CT molecular complexity index is 514. The lowest BCUT2D eigenvalue weighted by Crippen LogP contribution is -2.15. The van der Waals surface area contributed by atoms with Crippen LogP contribution in [0.4, 0.5) is 0 Å². The van der Waals surface area contributed by atoms with Gasteiger partial charge in [-0.2, -0.15) is 0 Å². The molecule has 0 unspecified atom stereocenters. The number of phenols is 1. The van der Waals surface area contributed by atoms with Crippen LogP contribution >= 0.6 is 0 Å². The van der Waals surface area contributed by atoms with Gasteiger partial charge in [0.05, 0.1) is 5.39 Å². The number of aryl methyl sites for hydroxylation is 1. The summed E-state index contributed by atoms with van der Waals surface area (Å²) in [6.07, 6.45) is 1.64. The van der Waals surface area contributed by atoms with Crippen LogP contribution in [0.1, 0.15) is 0 Å². The van der Waals surface area contributed by atoms with Crippen molar-refractivity contribution in [1.29, 1.82) is 0 Å². The van der Waals surface area contributed by atoms with E-state index in [0.29, 0.717) is 10.8 Å². The van der Waals surface area contributed by atoms with Crippen molar-refractivity contribution in [1.82, 2.24) is 4.57 Å². The number of benzene rings is 1. The Morgan fingerprint density at radius 1 is 1.23 bits per heavy atom. The number of hydrogen-bond donors (Lipinski definition) is 1. The summed E-state index contributed by atoms with van der Waals surface area (Å²) >= 11 is 0. The quantitative estimate of drug-likeness (QED) is 0.654. The smallest absolute Gasteiger partial charge is 0.258 e. The second-order valence-corrected chi connectivity index (χ2v) is 2.97. The first-order valence-corrected chi connectivity index (χ1v) is 3.97. The van der Waals surface area contributed by atoms with Crippen molar-refractivity contribution in [2.24, 2.45) is 7.05 Å². The lowest BCUT2D eigenvalue weighted by Gasteiger charge is -2.01. The lowest BCUT2D eigenvalue weighted by atomic mass is 10.1. The highest BCUT2D eigenvalue weighted by molar-refractivity contribution is 5.86. The van der Waals surface area contributed by atoms with Crippen LogP contribution in [-0.2, 0) is 7.05 Å². The highest BCUT2D eigenvalue weighted by Gasteiger charge is 2.02. The lowest BCUT2D eigenvalue weighted by molar-refractivity contribution is 0.481. The second-order valence-electron chi connectivity index (χ2n) is 2.97. The summed E-state index contributed by atoms with van der Waals surface area (Å²) in [6.45, 7) is 0. The van der Waals surface area contributed by atoms with Crippen molar-refractivity contribution >= 4 is 10.8 Å². The molecular formula is C10H9NO2. The summed E-state index contributed by atoms with van der Waals surface area (Å²) in [5, 5.41) is 10.6. The van der Waals surface area contributed by atoms with Crippen LogP contribution in [0, 0.1) is 0 Å². The molecule has 13 heavy (non-hydrogen) atoms. The first kappa shape index (κ1) is 7.86. The number of rotatable bonds is 0. The maximum Gasteiger partial charge on any atom is 0.258 e. The predicted octanol–water partition coefficient (Wildman–Crippen LogP) is 1.24. The first-order valence-electron chi connectivity index (χ1n) is 3.97. The van der Waals surface area contributed by atoms with Gasteiger partial charge in [-0.15, -0.1) is 0 Å². The zero-order valence-corrected chi connectivity index (χ0v) is 7.19. The van der Waals surface area contributed by atoms with Gasteiger partial charge in [-0.3, -0.25) is 4.79 Å². The molecule has 3 heteroatoms. The van der Waals surface area contributed by atoms with Crippen LogP contribution in [-0.4, -0.2) is 9.67 Å². The Hall–Kier alpha value is -1.77. The molecule has 1 aromatic carbocycles. The summed E-state index contributed by atoms with van der Waals surface area (Å²) in [4.78, 5) is 11.5. The molecule has 0 bridgehead atoms. The monoisotopic (exact) mass is 175 g/mol. The molecule has 1 aromatic heterocycles. The number of aromatic nitrogens is 1. The molecule has 0 aliphatic carbocycles. The molecule has 0 spiro atoms. The number of aromatic hydroxyl groups is 1. The fraction of sp³-hybridized carbons (Fsp3) is 0.100. The van der Waals surface area contributed by atoms with Gasteiger partial charge < -0.3 is 9.67 Å². The van der Waals surface area contributed by atoms with Gasteiger partial charge in [0.15, 0.2) is 0 Å². The normalized spacial score (nSPS) is 10.5. The molecule has 0 saturated heterocycles. The van der Waals surface area contributed by atoms with Gasteiger partial charge in [0.1, 0.15) is 5.75 Å². The van der Waals surface area contributed by atoms with E-state index < -0.39 is 0 Å². The molecule has 2 rings (SSSR count). The third-order valence-electron chi connectivity index (χ3n) is 2.10. The largest absolute Gasteiger partial charge is 0.507 e. The van der Waals surface area contributed by atoms with E-state index in [0.717, 1.165) is 0 Å². The Kier molecular flexibility index (Phi) is 1.59. The number of nitrogens with zero attached hydrogens (tertiary/aromatic N) is 1. The average Bonchev–Trinajstić information content (AvgIpc) is 2.12. The van der Waals surface area contributed by atoms with Crippen molar-refractivity contribution < 1.29 is 5.11 Å². The van der Waals surface area contributed by atoms with E-state index >= 15 is 0 Å². The van der Waals surface area contributed by atoms with E-state index in [1.54, 1.807) is 37.5 Å². The molecule has 0 amide bonds. The van der Waals surface area contributed by atoms with Gasteiger partial charge in [-0.1, -0.05) is 6.07 Å². The van der Waals surface area contributed by atoms with E-state index in [9.17, 15) is 9.90 Å². The van der Waals surface area contributed by atoms with Crippen LogP contribution < -0.4 is 5.56 Å². The minimum Gasteiger partial charge on any atom is -0.507 e. The number of fused-ring (bicyclic) bond motifs is 1. The van der Waals surface area contributed by atoms with E-state index in [1.165, 1.54) is 4.57 Å². The molecule has 3 nitrogen and oxygen atoms in total. The molecule has 66 valence electrons. The summed E-state index contributed by atoms with van der Waals surface area (Å²) in [5.74, 6) is 0.148. The second kappa shape index (κ2) is 2.62. The molecule has 0 aliphatic rings. The van der Waals surface area contributed by atoms with Crippen LogP contribution in [0.5, 0.6) is 5.75 Å². The molecule has 1 heterocycles. The maximum absolute atomic E-state index is 11.5. The zero-order valence-electron chi connectivity index (χ0n) is 7.19. The third-order valence-corrected chi connectivity index (χ3v) is 2.10. The molecule has 0 atom stereocenters. The average molecular weight is 175 g/mol.